The molecule has 18 heavy (non-hydrogen) atoms. The SMILES string of the molecule is Cc1cc(C(=O)NCc2ccccc2F)c(C)[nH]1. The van der Waals surface area contributed by atoms with Gasteiger partial charge in [0.05, 0.1) is 5.56 Å². The Bertz CT molecular complexity index is 575. The number of carbonyl (C=O) groups is 1. The minimum atomic E-state index is -0.306. The molecule has 0 saturated carbocycles. The van der Waals surface area contributed by atoms with Crippen molar-refractivity contribution >= 4 is 5.91 Å². The van der Waals surface area contributed by atoms with E-state index < -0.39 is 0 Å². The highest BCUT2D eigenvalue weighted by Gasteiger charge is 2.11. The van der Waals surface area contributed by atoms with Gasteiger partial charge in [-0.2, -0.15) is 0 Å². The van der Waals surface area contributed by atoms with E-state index in [0.29, 0.717) is 11.1 Å². The summed E-state index contributed by atoms with van der Waals surface area (Å²) in [6.45, 7) is 3.92. The molecule has 3 nitrogen and oxygen atoms in total. The average Bonchev–Trinajstić information content (AvgIpc) is 2.67. The van der Waals surface area contributed by atoms with Gasteiger partial charge in [-0.15, -0.1) is 0 Å². The molecule has 2 aromatic rings. The first-order chi connectivity index (χ1) is 8.58. The molecule has 4 heteroatoms. The van der Waals surface area contributed by atoms with Gasteiger partial charge in [0.1, 0.15) is 5.82 Å². The lowest BCUT2D eigenvalue weighted by Gasteiger charge is -2.05. The van der Waals surface area contributed by atoms with Crippen molar-refractivity contribution in [2.45, 2.75) is 20.4 Å². The van der Waals surface area contributed by atoms with Crippen LogP contribution in [-0.2, 0) is 6.54 Å². The second-order valence-electron chi connectivity index (χ2n) is 4.27. The van der Waals surface area contributed by atoms with Crippen molar-refractivity contribution in [3.63, 3.8) is 0 Å². The molecular weight excluding hydrogens is 231 g/mol. The van der Waals surface area contributed by atoms with Gasteiger partial charge in [-0.1, -0.05) is 18.2 Å². The zero-order chi connectivity index (χ0) is 13.1. The lowest BCUT2D eigenvalue weighted by atomic mass is 10.2. The van der Waals surface area contributed by atoms with Crippen molar-refractivity contribution < 1.29 is 9.18 Å². The lowest BCUT2D eigenvalue weighted by Crippen LogP contribution is -2.23. The summed E-state index contributed by atoms with van der Waals surface area (Å²) in [6, 6.07) is 8.20. The van der Waals surface area contributed by atoms with Gasteiger partial charge in [-0.05, 0) is 26.0 Å². The van der Waals surface area contributed by atoms with E-state index in [1.807, 2.05) is 13.8 Å². The third kappa shape index (κ3) is 2.59. The van der Waals surface area contributed by atoms with Crippen LogP contribution >= 0.6 is 0 Å². The molecule has 0 fully saturated rings. The van der Waals surface area contributed by atoms with Crippen molar-refractivity contribution in [3.05, 3.63) is 58.7 Å². The number of rotatable bonds is 3. The number of amides is 1. The van der Waals surface area contributed by atoms with Gasteiger partial charge < -0.3 is 10.3 Å². The first-order valence-corrected chi connectivity index (χ1v) is 5.75. The van der Waals surface area contributed by atoms with Crippen LogP contribution in [-0.4, -0.2) is 10.9 Å². The Morgan fingerprint density at radius 1 is 1.33 bits per heavy atom. The zero-order valence-electron chi connectivity index (χ0n) is 10.4. The predicted octanol–water partition coefficient (Wildman–Crippen LogP) is 2.70. The number of aryl methyl sites for hydroxylation is 2. The highest BCUT2D eigenvalue weighted by atomic mass is 19.1. The molecule has 1 aromatic heterocycles. The number of halogens is 1. The fraction of sp³-hybridized carbons (Fsp3) is 0.214. The summed E-state index contributed by atoms with van der Waals surface area (Å²) in [5.41, 5.74) is 2.83. The van der Waals surface area contributed by atoms with Gasteiger partial charge in [0.2, 0.25) is 0 Å². The fourth-order valence-electron chi connectivity index (χ4n) is 1.87. The number of hydrogen-bond donors (Lipinski definition) is 2. The molecule has 0 saturated heterocycles. The van der Waals surface area contributed by atoms with E-state index in [-0.39, 0.29) is 18.3 Å². The van der Waals surface area contributed by atoms with Gasteiger partial charge in [-0.3, -0.25) is 4.79 Å². The van der Waals surface area contributed by atoms with E-state index in [1.165, 1.54) is 6.07 Å². The van der Waals surface area contributed by atoms with E-state index in [1.54, 1.807) is 24.3 Å². The van der Waals surface area contributed by atoms with Crippen LogP contribution < -0.4 is 5.32 Å². The number of aromatic amines is 1. The molecule has 0 radical (unpaired) electrons. The third-order valence-corrected chi connectivity index (χ3v) is 2.79. The zero-order valence-corrected chi connectivity index (χ0v) is 10.4. The predicted molar refractivity (Wildman–Crippen MR) is 67.8 cm³/mol. The van der Waals surface area contributed by atoms with Crippen LogP contribution in [0.15, 0.2) is 30.3 Å². The lowest BCUT2D eigenvalue weighted by molar-refractivity contribution is 0.0950. The molecule has 2 rings (SSSR count). The minimum Gasteiger partial charge on any atom is -0.362 e. The molecule has 2 N–H and O–H groups in total. The Morgan fingerprint density at radius 3 is 2.67 bits per heavy atom. The Kier molecular flexibility index (Phi) is 3.46. The number of carbonyl (C=O) groups excluding carboxylic acids is 1. The standard InChI is InChI=1S/C14H15FN2O/c1-9-7-12(10(2)17-9)14(18)16-8-11-5-3-4-6-13(11)15/h3-7,17H,8H2,1-2H3,(H,16,18). The van der Waals surface area contributed by atoms with Crippen LogP contribution in [0.2, 0.25) is 0 Å². The second kappa shape index (κ2) is 5.04. The Labute approximate surface area is 105 Å². The maximum absolute atomic E-state index is 13.4. The van der Waals surface area contributed by atoms with Gasteiger partial charge >= 0.3 is 0 Å². The molecule has 94 valence electrons. The minimum absolute atomic E-state index is 0.190. The van der Waals surface area contributed by atoms with Crippen molar-refractivity contribution in [2.24, 2.45) is 0 Å². The van der Waals surface area contributed by atoms with Crippen LogP contribution in [0.25, 0.3) is 0 Å². The highest BCUT2D eigenvalue weighted by Crippen LogP contribution is 2.10. The highest BCUT2D eigenvalue weighted by molar-refractivity contribution is 5.95. The normalized spacial score (nSPS) is 10.4. The molecule has 0 atom stereocenters. The number of benzene rings is 1. The summed E-state index contributed by atoms with van der Waals surface area (Å²) in [7, 11) is 0. The van der Waals surface area contributed by atoms with E-state index in [4.69, 9.17) is 0 Å². The maximum Gasteiger partial charge on any atom is 0.253 e. The molecular formula is C14H15FN2O. The molecule has 0 unspecified atom stereocenters. The molecule has 0 bridgehead atoms. The number of aromatic nitrogens is 1. The van der Waals surface area contributed by atoms with E-state index in [0.717, 1.165) is 11.4 Å². The van der Waals surface area contributed by atoms with Crippen LogP contribution in [0.1, 0.15) is 27.3 Å². The summed E-state index contributed by atoms with van der Waals surface area (Å²) >= 11 is 0. The fourth-order valence-corrected chi connectivity index (χ4v) is 1.87. The van der Waals surface area contributed by atoms with Crippen LogP contribution in [0.3, 0.4) is 0 Å². The van der Waals surface area contributed by atoms with Crippen molar-refractivity contribution in [3.8, 4) is 0 Å². The Hall–Kier alpha value is -2.10. The number of hydrogen-bond acceptors (Lipinski definition) is 1. The first-order valence-electron chi connectivity index (χ1n) is 5.75. The van der Waals surface area contributed by atoms with Gasteiger partial charge in [-0.25, -0.2) is 4.39 Å². The van der Waals surface area contributed by atoms with E-state index >= 15 is 0 Å². The van der Waals surface area contributed by atoms with Gasteiger partial charge in [0, 0.05) is 23.5 Å². The van der Waals surface area contributed by atoms with E-state index in [2.05, 4.69) is 10.3 Å². The van der Waals surface area contributed by atoms with Crippen molar-refractivity contribution in [2.75, 3.05) is 0 Å². The number of H-pyrrole nitrogens is 1. The molecule has 0 aliphatic heterocycles. The summed E-state index contributed by atoms with van der Waals surface area (Å²) < 4.78 is 13.4. The topological polar surface area (TPSA) is 44.9 Å². The summed E-state index contributed by atoms with van der Waals surface area (Å²) in [6.07, 6.45) is 0. The third-order valence-electron chi connectivity index (χ3n) is 2.79. The smallest absolute Gasteiger partial charge is 0.253 e. The van der Waals surface area contributed by atoms with Gasteiger partial charge in [0.15, 0.2) is 0 Å². The average molecular weight is 246 g/mol. The monoisotopic (exact) mass is 246 g/mol. The second-order valence-corrected chi connectivity index (χ2v) is 4.27. The number of nitrogens with one attached hydrogen (secondary N) is 2. The molecule has 0 aliphatic carbocycles. The molecule has 1 amide bonds. The molecule has 0 aliphatic rings. The van der Waals surface area contributed by atoms with Crippen LogP contribution in [0.5, 0.6) is 0 Å². The largest absolute Gasteiger partial charge is 0.362 e. The van der Waals surface area contributed by atoms with E-state index in [9.17, 15) is 9.18 Å². The summed E-state index contributed by atoms with van der Waals surface area (Å²) in [5.74, 6) is -0.500. The van der Waals surface area contributed by atoms with Gasteiger partial charge in [0.25, 0.3) is 5.91 Å². The molecule has 0 spiro atoms. The first kappa shape index (κ1) is 12.4. The van der Waals surface area contributed by atoms with Crippen LogP contribution in [0, 0.1) is 19.7 Å². The van der Waals surface area contributed by atoms with Crippen molar-refractivity contribution in [1.82, 2.24) is 10.3 Å². The Balaban J connectivity index is 2.05. The maximum atomic E-state index is 13.4. The van der Waals surface area contributed by atoms with Crippen molar-refractivity contribution in [1.29, 1.82) is 0 Å². The molecule has 1 heterocycles. The quantitative estimate of drug-likeness (QED) is 0.859. The molecule has 1 aromatic carbocycles. The summed E-state index contributed by atoms with van der Waals surface area (Å²) in [4.78, 5) is 15.0. The Morgan fingerprint density at radius 2 is 2.06 bits per heavy atom. The van der Waals surface area contributed by atoms with Crippen LogP contribution in [0.4, 0.5) is 4.39 Å². The summed E-state index contributed by atoms with van der Waals surface area (Å²) in [5, 5.41) is 2.71.